The van der Waals surface area contributed by atoms with Crippen LogP contribution < -0.4 is 19.8 Å². The summed E-state index contributed by atoms with van der Waals surface area (Å²) in [5.41, 5.74) is 1.44. The molecule has 3 amide bonds. The van der Waals surface area contributed by atoms with Gasteiger partial charge >= 0.3 is 4.87 Å². The summed E-state index contributed by atoms with van der Waals surface area (Å²) in [5.74, 6) is -3.01. The number of nitrogens with one attached hydrogen (secondary N) is 2. The number of aromatic amines is 1. The number of imide groups is 1. The van der Waals surface area contributed by atoms with Crippen molar-refractivity contribution < 1.29 is 23.5 Å². The average Bonchev–Trinajstić information content (AvgIpc) is 3.43. The Balaban J connectivity index is 1.37. The lowest BCUT2D eigenvalue weighted by atomic mass is 9.82. The molecule has 4 aromatic rings. The molecular weight excluding hydrogens is 621 g/mol. The second-order valence-corrected chi connectivity index (χ2v) is 12.2. The molecule has 0 radical (unpaired) electrons. The predicted molar refractivity (Wildman–Crippen MR) is 154 cm³/mol. The molecule has 1 fully saturated rings. The van der Waals surface area contributed by atoms with Crippen molar-refractivity contribution in [2.45, 2.75) is 16.2 Å². The highest BCUT2D eigenvalue weighted by molar-refractivity contribution is 9.10. The SMILES string of the molecule is O=C(COc1ccc(Br)cc1[C@@H]1c2sc(=O)[nH]c2S[C@H]2C(=O)N(c3ccc(F)cc3)C(=O)[C@@H]12)Nc1ccccc1. The van der Waals surface area contributed by atoms with E-state index in [1.54, 1.807) is 42.5 Å². The summed E-state index contributed by atoms with van der Waals surface area (Å²) in [4.78, 5) is 56.7. The Morgan fingerprint density at radius 1 is 1.02 bits per heavy atom. The molecule has 3 heterocycles. The Labute approximate surface area is 243 Å². The van der Waals surface area contributed by atoms with E-state index >= 15 is 0 Å². The second kappa shape index (κ2) is 10.7. The largest absolute Gasteiger partial charge is 0.483 e. The Morgan fingerprint density at radius 2 is 1.77 bits per heavy atom. The van der Waals surface area contributed by atoms with Crippen molar-refractivity contribution >= 4 is 68.1 Å². The molecule has 0 unspecified atom stereocenters. The number of carbonyl (C=O) groups is 3. The van der Waals surface area contributed by atoms with E-state index in [0.717, 1.165) is 28.0 Å². The Morgan fingerprint density at radius 3 is 2.52 bits per heavy atom. The molecule has 2 aliphatic heterocycles. The summed E-state index contributed by atoms with van der Waals surface area (Å²) in [5, 5.41) is 2.45. The molecular formula is C28H19BrFN3O5S2. The lowest BCUT2D eigenvalue weighted by Gasteiger charge is -2.31. The molecule has 0 saturated carbocycles. The molecule has 3 atom stereocenters. The van der Waals surface area contributed by atoms with E-state index in [4.69, 9.17) is 4.74 Å². The highest BCUT2D eigenvalue weighted by Gasteiger charge is 2.56. The standard InChI is InChI=1S/C28H19BrFN3O5S2/c29-14-6-11-19(38-13-20(34)31-16-4-2-1-3-5-16)18(12-14)21-22-24(39-25-23(21)40-28(37)32-25)27(36)33(26(22)35)17-9-7-15(30)8-10-17/h1-12,21-22,24H,13H2,(H,31,34)(H,32,37)/t21-,22-,24+/m0/s1. The van der Waals surface area contributed by atoms with Gasteiger partial charge in [0, 0.05) is 26.5 Å². The van der Waals surface area contributed by atoms with Gasteiger partial charge in [0.1, 0.15) is 16.8 Å². The maximum Gasteiger partial charge on any atom is 0.305 e. The summed E-state index contributed by atoms with van der Waals surface area (Å²) >= 11 is 5.60. The molecule has 0 aliphatic carbocycles. The molecule has 3 aromatic carbocycles. The van der Waals surface area contributed by atoms with E-state index in [1.807, 2.05) is 6.07 Å². The zero-order valence-corrected chi connectivity index (χ0v) is 23.6. The van der Waals surface area contributed by atoms with Crippen molar-refractivity contribution in [3.05, 3.63) is 103 Å². The summed E-state index contributed by atoms with van der Waals surface area (Å²) in [6, 6.07) is 19.3. The number of para-hydroxylation sites is 1. The van der Waals surface area contributed by atoms with Gasteiger partial charge in [-0.2, -0.15) is 0 Å². The average molecular weight is 641 g/mol. The van der Waals surface area contributed by atoms with Crippen molar-refractivity contribution in [1.82, 2.24) is 4.98 Å². The summed E-state index contributed by atoms with van der Waals surface area (Å²) in [7, 11) is 0. The number of nitrogens with zero attached hydrogens (tertiary/aromatic N) is 1. The summed E-state index contributed by atoms with van der Waals surface area (Å²) in [6.07, 6.45) is 0. The number of carbonyl (C=O) groups excluding carboxylic acids is 3. The number of ether oxygens (including phenoxy) is 1. The maximum atomic E-state index is 13.9. The lowest BCUT2D eigenvalue weighted by Crippen LogP contribution is -2.32. The maximum absolute atomic E-state index is 13.9. The highest BCUT2D eigenvalue weighted by atomic mass is 79.9. The van der Waals surface area contributed by atoms with E-state index in [2.05, 4.69) is 26.2 Å². The minimum absolute atomic E-state index is 0.269. The van der Waals surface area contributed by atoms with E-state index < -0.39 is 34.7 Å². The van der Waals surface area contributed by atoms with Gasteiger partial charge in [0.05, 0.1) is 16.6 Å². The zero-order valence-electron chi connectivity index (χ0n) is 20.4. The number of thioether (sulfide) groups is 1. The van der Waals surface area contributed by atoms with Crippen LogP contribution in [0, 0.1) is 11.7 Å². The first-order chi connectivity index (χ1) is 19.3. The third-order valence-corrected chi connectivity index (χ3v) is 9.53. The first-order valence-electron chi connectivity index (χ1n) is 12.1. The van der Waals surface area contributed by atoms with Crippen LogP contribution in [-0.2, 0) is 14.4 Å². The number of amides is 3. The molecule has 0 spiro atoms. The van der Waals surface area contributed by atoms with Gasteiger partial charge in [0.15, 0.2) is 6.61 Å². The monoisotopic (exact) mass is 639 g/mol. The number of H-pyrrole nitrogens is 1. The molecule has 2 N–H and O–H groups in total. The smallest absolute Gasteiger partial charge is 0.305 e. The normalized spacial score (nSPS) is 19.8. The van der Waals surface area contributed by atoms with E-state index in [9.17, 15) is 23.6 Å². The number of aromatic nitrogens is 1. The van der Waals surface area contributed by atoms with E-state index in [1.165, 1.54) is 24.3 Å². The van der Waals surface area contributed by atoms with Gasteiger partial charge in [0.2, 0.25) is 11.8 Å². The third kappa shape index (κ3) is 4.87. The van der Waals surface area contributed by atoms with Gasteiger partial charge < -0.3 is 15.0 Å². The molecule has 12 heteroatoms. The van der Waals surface area contributed by atoms with Crippen LogP contribution >= 0.6 is 39.0 Å². The fraction of sp³-hybridized carbons (Fsp3) is 0.143. The zero-order chi connectivity index (χ0) is 28.0. The van der Waals surface area contributed by atoms with Crippen molar-refractivity contribution in [2.24, 2.45) is 5.92 Å². The van der Waals surface area contributed by atoms with Crippen molar-refractivity contribution in [1.29, 1.82) is 0 Å². The second-order valence-electron chi connectivity index (χ2n) is 9.12. The van der Waals surface area contributed by atoms with Gasteiger partial charge in [-0.05, 0) is 54.6 Å². The van der Waals surface area contributed by atoms with Crippen LogP contribution in [0.4, 0.5) is 15.8 Å². The first kappa shape index (κ1) is 26.5. The Bertz CT molecular complexity index is 1690. The molecule has 2 aliphatic rings. The molecule has 1 aromatic heterocycles. The number of hydrogen-bond donors (Lipinski definition) is 2. The van der Waals surface area contributed by atoms with Crippen molar-refractivity contribution in [3.63, 3.8) is 0 Å². The summed E-state index contributed by atoms with van der Waals surface area (Å²) in [6.45, 7) is -0.302. The molecule has 8 nitrogen and oxygen atoms in total. The number of benzene rings is 3. The number of anilines is 2. The lowest BCUT2D eigenvalue weighted by molar-refractivity contribution is -0.122. The van der Waals surface area contributed by atoms with Crippen molar-refractivity contribution in [3.8, 4) is 5.75 Å². The quantitative estimate of drug-likeness (QED) is 0.283. The van der Waals surface area contributed by atoms with Gasteiger partial charge in [-0.15, -0.1) is 0 Å². The van der Waals surface area contributed by atoms with E-state index in [0.29, 0.717) is 31.4 Å². The number of thiazole rings is 1. The van der Waals surface area contributed by atoms with Gasteiger partial charge in [-0.25, -0.2) is 9.29 Å². The number of fused-ring (bicyclic) bond motifs is 2. The van der Waals surface area contributed by atoms with Crippen LogP contribution in [0.5, 0.6) is 5.75 Å². The van der Waals surface area contributed by atoms with Crippen LogP contribution in [0.2, 0.25) is 0 Å². The molecule has 6 rings (SSSR count). The first-order valence-corrected chi connectivity index (χ1v) is 14.6. The Kier molecular flexibility index (Phi) is 7.07. The van der Waals surface area contributed by atoms with Crippen LogP contribution in [-0.4, -0.2) is 34.6 Å². The number of rotatable bonds is 6. The third-order valence-electron chi connectivity index (χ3n) is 6.63. The van der Waals surface area contributed by atoms with Crippen LogP contribution in [0.1, 0.15) is 16.4 Å². The summed E-state index contributed by atoms with van der Waals surface area (Å²) < 4.78 is 20.2. The minimum Gasteiger partial charge on any atom is -0.483 e. The highest BCUT2D eigenvalue weighted by Crippen LogP contribution is 2.54. The fourth-order valence-electron chi connectivity index (χ4n) is 4.95. The number of halogens is 2. The fourth-order valence-corrected chi connectivity index (χ4v) is 7.84. The molecule has 40 heavy (non-hydrogen) atoms. The van der Waals surface area contributed by atoms with Crippen LogP contribution in [0.25, 0.3) is 0 Å². The van der Waals surface area contributed by atoms with Crippen molar-refractivity contribution in [2.75, 3.05) is 16.8 Å². The molecule has 0 bridgehead atoms. The van der Waals surface area contributed by atoms with E-state index in [-0.39, 0.29) is 23.1 Å². The Hall–Kier alpha value is -3.74. The number of hydrogen-bond acceptors (Lipinski definition) is 7. The van der Waals surface area contributed by atoms with Crippen LogP contribution in [0.3, 0.4) is 0 Å². The molecule has 202 valence electrons. The van der Waals surface area contributed by atoms with Gasteiger partial charge in [0.25, 0.3) is 5.91 Å². The van der Waals surface area contributed by atoms with Crippen LogP contribution in [0.15, 0.2) is 87.1 Å². The topological polar surface area (TPSA) is 109 Å². The van der Waals surface area contributed by atoms with Gasteiger partial charge in [-0.1, -0.05) is 57.2 Å². The van der Waals surface area contributed by atoms with Gasteiger partial charge in [-0.3, -0.25) is 19.2 Å². The minimum atomic E-state index is -0.865. The predicted octanol–water partition coefficient (Wildman–Crippen LogP) is 5.15. The molecule has 1 saturated heterocycles.